The molecule has 0 saturated carbocycles. The van der Waals surface area contributed by atoms with Crippen molar-refractivity contribution < 1.29 is 9.53 Å². The molecule has 3 aromatic rings. The summed E-state index contributed by atoms with van der Waals surface area (Å²) < 4.78 is 5.54. The van der Waals surface area contributed by atoms with Gasteiger partial charge in [0, 0.05) is 10.6 Å². The van der Waals surface area contributed by atoms with Crippen LogP contribution in [0.15, 0.2) is 78.9 Å². The normalized spacial score (nSPS) is 10.2. The van der Waals surface area contributed by atoms with Crippen molar-refractivity contribution >= 4 is 17.6 Å². The summed E-state index contributed by atoms with van der Waals surface area (Å²) >= 11 is 5.83. The lowest BCUT2D eigenvalue weighted by Crippen LogP contribution is -2.08. The molecule has 3 rings (SSSR count). The third kappa shape index (κ3) is 3.18. The molecule has 108 valence electrons. The maximum atomic E-state index is 12.2. The first-order valence-corrected chi connectivity index (χ1v) is 7.24. The Balaban J connectivity index is 1.90. The summed E-state index contributed by atoms with van der Waals surface area (Å²) in [4.78, 5) is 12.2. The van der Waals surface area contributed by atoms with Gasteiger partial charge in [-0.25, -0.2) is 4.79 Å². The highest BCUT2D eigenvalue weighted by Crippen LogP contribution is 2.30. The fourth-order valence-electron chi connectivity index (χ4n) is 2.16. The maximum absolute atomic E-state index is 12.2. The van der Waals surface area contributed by atoms with E-state index in [1.807, 2.05) is 48.5 Å². The van der Waals surface area contributed by atoms with Gasteiger partial charge in [0.2, 0.25) is 0 Å². The van der Waals surface area contributed by atoms with Gasteiger partial charge in [-0.3, -0.25) is 0 Å². The molecule has 0 aliphatic carbocycles. The van der Waals surface area contributed by atoms with E-state index in [1.165, 1.54) is 0 Å². The molecule has 2 nitrogen and oxygen atoms in total. The van der Waals surface area contributed by atoms with Gasteiger partial charge >= 0.3 is 5.97 Å². The van der Waals surface area contributed by atoms with E-state index >= 15 is 0 Å². The molecule has 0 aromatic heterocycles. The lowest BCUT2D eigenvalue weighted by molar-refractivity contribution is 0.0735. The standard InChI is InChI=1S/C19H13ClO2/c20-16-12-10-15(11-13-16)19(21)22-18-9-5-4-8-17(18)14-6-2-1-3-7-14/h1-13H. The molecule has 0 radical (unpaired) electrons. The van der Waals surface area contributed by atoms with E-state index in [0.717, 1.165) is 11.1 Å². The monoisotopic (exact) mass is 308 g/mol. The molecule has 0 spiro atoms. The fraction of sp³-hybridized carbons (Fsp3) is 0. The Hall–Kier alpha value is -2.58. The highest BCUT2D eigenvalue weighted by Gasteiger charge is 2.12. The number of carbonyl (C=O) groups is 1. The number of hydrogen-bond donors (Lipinski definition) is 0. The molecule has 0 bridgehead atoms. The van der Waals surface area contributed by atoms with Gasteiger partial charge in [0.25, 0.3) is 0 Å². The zero-order valence-electron chi connectivity index (χ0n) is 11.7. The first-order chi connectivity index (χ1) is 10.7. The quantitative estimate of drug-likeness (QED) is 0.489. The third-order valence-corrected chi connectivity index (χ3v) is 3.51. The van der Waals surface area contributed by atoms with Crippen molar-refractivity contribution in [1.29, 1.82) is 0 Å². The number of hydrogen-bond acceptors (Lipinski definition) is 2. The summed E-state index contributed by atoms with van der Waals surface area (Å²) in [5.41, 5.74) is 2.35. The molecule has 0 fully saturated rings. The Morgan fingerprint density at radius 2 is 1.41 bits per heavy atom. The van der Waals surface area contributed by atoms with Gasteiger partial charge in [0.1, 0.15) is 5.75 Å². The average Bonchev–Trinajstić information content (AvgIpc) is 2.57. The number of esters is 1. The molecular formula is C19H13ClO2. The van der Waals surface area contributed by atoms with E-state index in [9.17, 15) is 4.79 Å². The molecule has 0 unspecified atom stereocenters. The van der Waals surface area contributed by atoms with Crippen molar-refractivity contribution in [1.82, 2.24) is 0 Å². The zero-order valence-corrected chi connectivity index (χ0v) is 12.5. The van der Waals surface area contributed by atoms with Crippen molar-refractivity contribution in [3.05, 3.63) is 89.4 Å². The molecule has 3 aromatic carbocycles. The van der Waals surface area contributed by atoms with Crippen molar-refractivity contribution in [3.63, 3.8) is 0 Å². The van der Waals surface area contributed by atoms with Gasteiger partial charge in [0.05, 0.1) is 5.56 Å². The minimum Gasteiger partial charge on any atom is -0.422 e. The van der Waals surface area contributed by atoms with Crippen LogP contribution in [0.5, 0.6) is 5.75 Å². The Morgan fingerprint density at radius 1 is 0.773 bits per heavy atom. The van der Waals surface area contributed by atoms with E-state index in [4.69, 9.17) is 16.3 Å². The second kappa shape index (κ2) is 6.46. The zero-order chi connectivity index (χ0) is 15.4. The van der Waals surface area contributed by atoms with Crippen LogP contribution in [-0.4, -0.2) is 5.97 Å². The SMILES string of the molecule is O=C(Oc1ccccc1-c1ccccc1)c1ccc(Cl)cc1. The van der Waals surface area contributed by atoms with Crippen LogP contribution < -0.4 is 4.74 Å². The topological polar surface area (TPSA) is 26.3 Å². The minimum absolute atomic E-state index is 0.403. The highest BCUT2D eigenvalue weighted by molar-refractivity contribution is 6.30. The van der Waals surface area contributed by atoms with Crippen molar-refractivity contribution in [2.24, 2.45) is 0 Å². The molecule has 0 aliphatic rings. The summed E-state index contributed by atoms with van der Waals surface area (Å²) in [5.74, 6) is 0.133. The molecule has 22 heavy (non-hydrogen) atoms. The molecule has 0 saturated heterocycles. The summed E-state index contributed by atoms with van der Waals surface area (Å²) in [6.45, 7) is 0. The van der Waals surface area contributed by atoms with Gasteiger partial charge in [-0.05, 0) is 35.9 Å². The second-order valence-corrected chi connectivity index (χ2v) is 5.20. The van der Waals surface area contributed by atoms with Crippen molar-refractivity contribution in [2.45, 2.75) is 0 Å². The van der Waals surface area contributed by atoms with Gasteiger partial charge in [-0.2, -0.15) is 0 Å². The van der Waals surface area contributed by atoms with E-state index in [2.05, 4.69) is 0 Å². The number of rotatable bonds is 3. The van der Waals surface area contributed by atoms with E-state index in [0.29, 0.717) is 16.3 Å². The molecule has 0 N–H and O–H groups in total. The third-order valence-electron chi connectivity index (χ3n) is 3.25. The number of halogens is 1. The molecule has 0 heterocycles. The van der Waals surface area contributed by atoms with Crippen LogP contribution in [0.25, 0.3) is 11.1 Å². The first-order valence-electron chi connectivity index (χ1n) is 6.86. The Morgan fingerprint density at radius 3 is 2.14 bits per heavy atom. The van der Waals surface area contributed by atoms with E-state index in [-0.39, 0.29) is 0 Å². The Kier molecular flexibility index (Phi) is 4.22. The van der Waals surface area contributed by atoms with Crippen LogP contribution in [0.3, 0.4) is 0 Å². The van der Waals surface area contributed by atoms with Crippen molar-refractivity contribution in [3.8, 4) is 16.9 Å². The van der Waals surface area contributed by atoms with Crippen LogP contribution in [-0.2, 0) is 0 Å². The first kappa shape index (κ1) is 14.4. The predicted octanol–water partition coefficient (Wildman–Crippen LogP) is 5.23. The fourth-order valence-corrected chi connectivity index (χ4v) is 2.28. The van der Waals surface area contributed by atoms with Gasteiger partial charge in [-0.15, -0.1) is 0 Å². The number of benzene rings is 3. The summed E-state index contributed by atoms with van der Waals surface area (Å²) in [6, 6.07) is 23.9. The lowest BCUT2D eigenvalue weighted by atomic mass is 10.0. The minimum atomic E-state index is -0.403. The maximum Gasteiger partial charge on any atom is 0.343 e. The molecule has 0 aliphatic heterocycles. The average molecular weight is 309 g/mol. The number of para-hydroxylation sites is 1. The van der Waals surface area contributed by atoms with Crippen LogP contribution in [0, 0.1) is 0 Å². The summed E-state index contributed by atoms with van der Waals surface area (Å²) in [7, 11) is 0. The van der Waals surface area contributed by atoms with Gasteiger partial charge in [0.15, 0.2) is 0 Å². The van der Waals surface area contributed by atoms with Gasteiger partial charge in [-0.1, -0.05) is 60.1 Å². The highest BCUT2D eigenvalue weighted by atomic mass is 35.5. The van der Waals surface area contributed by atoms with Crippen LogP contribution >= 0.6 is 11.6 Å². The second-order valence-electron chi connectivity index (χ2n) is 4.76. The smallest absolute Gasteiger partial charge is 0.343 e. The summed E-state index contributed by atoms with van der Waals surface area (Å²) in [5, 5.41) is 0.584. The summed E-state index contributed by atoms with van der Waals surface area (Å²) in [6.07, 6.45) is 0. The molecular weight excluding hydrogens is 296 g/mol. The van der Waals surface area contributed by atoms with Crippen LogP contribution in [0.4, 0.5) is 0 Å². The Labute approximate surface area is 133 Å². The van der Waals surface area contributed by atoms with Crippen LogP contribution in [0.2, 0.25) is 5.02 Å². The Bertz CT molecular complexity index is 780. The van der Waals surface area contributed by atoms with Crippen molar-refractivity contribution in [2.75, 3.05) is 0 Å². The predicted molar refractivity (Wildman–Crippen MR) is 88.3 cm³/mol. The van der Waals surface area contributed by atoms with Crippen LogP contribution in [0.1, 0.15) is 10.4 Å². The molecule has 0 atom stereocenters. The van der Waals surface area contributed by atoms with E-state index < -0.39 is 5.97 Å². The molecule has 3 heteroatoms. The number of carbonyl (C=O) groups excluding carboxylic acids is 1. The lowest BCUT2D eigenvalue weighted by Gasteiger charge is -2.10. The van der Waals surface area contributed by atoms with Gasteiger partial charge < -0.3 is 4.74 Å². The van der Waals surface area contributed by atoms with E-state index in [1.54, 1.807) is 30.3 Å². The largest absolute Gasteiger partial charge is 0.422 e. The molecule has 0 amide bonds. The number of ether oxygens (including phenoxy) is 1.